The molecule has 0 amide bonds. The molecule has 0 bridgehead atoms. The van der Waals surface area contributed by atoms with Gasteiger partial charge in [-0.25, -0.2) is 0 Å². The highest BCUT2D eigenvalue weighted by molar-refractivity contribution is 5.98. The maximum atomic E-state index is 4.72. The van der Waals surface area contributed by atoms with Gasteiger partial charge in [-0.15, -0.1) is 0 Å². The monoisotopic (exact) mass is 288 g/mol. The summed E-state index contributed by atoms with van der Waals surface area (Å²) in [7, 11) is 3.95. The molecule has 108 valence electrons. The standard InChI is InChI=1S/C18H16N4/c1-21-17-15(13-9-5-3-6-10-13)20-22(2)18(17)16(19-21)14-11-7-4-8-12-14/h3-12H,1-2H3. The Kier molecular flexibility index (Phi) is 2.82. The second-order valence-electron chi connectivity index (χ2n) is 5.37. The number of hydrogen-bond acceptors (Lipinski definition) is 2. The number of rotatable bonds is 2. The Morgan fingerprint density at radius 2 is 0.955 bits per heavy atom. The molecular formula is C18H16N4. The zero-order chi connectivity index (χ0) is 15.1. The van der Waals surface area contributed by atoms with E-state index in [1.54, 1.807) is 0 Å². The van der Waals surface area contributed by atoms with Crippen LogP contribution in [0, 0.1) is 0 Å². The maximum absolute atomic E-state index is 4.72. The molecule has 22 heavy (non-hydrogen) atoms. The lowest BCUT2D eigenvalue weighted by molar-refractivity contribution is 0.784. The summed E-state index contributed by atoms with van der Waals surface area (Å²) in [4.78, 5) is 0. The van der Waals surface area contributed by atoms with Gasteiger partial charge in [0.15, 0.2) is 0 Å². The quantitative estimate of drug-likeness (QED) is 0.564. The number of benzene rings is 2. The molecule has 4 aromatic rings. The fourth-order valence-electron chi connectivity index (χ4n) is 2.91. The van der Waals surface area contributed by atoms with E-state index in [1.165, 1.54) is 0 Å². The van der Waals surface area contributed by atoms with Gasteiger partial charge in [0, 0.05) is 25.2 Å². The van der Waals surface area contributed by atoms with Crippen LogP contribution in [0.2, 0.25) is 0 Å². The first-order valence-electron chi connectivity index (χ1n) is 7.26. The van der Waals surface area contributed by atoms with Gasteiger partial charge in [0.1, 0.15) is 22.4 Å². The number of aromatic nitrogens is 4. The summed E-state index contributed by atoms with van der Waals surface area (Å²) in [5.74, 6) is 0. The first kappa shape index (κ1) is 12.8. The molecule has 4 rings (SSSR count). The summed E-state index contributed by atoms with van der Waals surface area (Å²) in [6, 6.07) is 20.5. The lowest BCUT2D eigenvalue weighted by Crippen LogP contribution is -1.95. The average molecular weight is 288 g/mol. The summed E-state index contributed by atoms with van der Waals surface area (Å²) < 4.78 is 3.85. The summed E-state index contributed by atoms with van der Waals surface area (Å²) in [6.45, 7) is 0. The number of aryl methyl sites for hydroxylation is 2. The van der Waals surface area contributed by atoms with Crippen LogP contribution in [0.4, 0.5) is 0 Å². The predicted octanol–water partition coefficient (Wildman–Crippen LogP) is 3.64. The minimum absolute atomic E-state index is 0.968. The van der Waals surface area contributed by atoms with Crippen LogP contribution in [-0.4, -0.2) is 19.6 Å². The van der Waals surface area contributed by atoms with Crippen molar-refractivity contribution in [3.63, 3.8) is 0 Å². The van der Waals surface area contributed by atoms with E-state index in [1.807, 2.05) is 59.9 Å². The number of nitrogens with zero attached hydrogens (tertiary/aromatic N) is 4. The molecule has 2 aromatic carbocycles. The van der Waals surface area contributed by atoms with Crippen molar-refractivity contribution >= 4 is 11.0 Å². The van der Waals surface area contributed by atoms with E-state index in [0.29, 0.717) is 0 Å². The molecule has 0 unspecified atom stereocenters. The second-order valence-corrected chi connectivity index (χ2v) is 5.37. The minimum Gasteiger partial charge on any atom is -0.263 e. The van der Waals surface area contributed by atoms with E-state index in [9.17, 15) is 0 Å². The summed E-state index contributed by atoms with van der Waals surface area (Å²) in [5.41, 5.74) is 6.28. The first-order valence-corrected chi connectivity index (χ1v) is 7.26. The van der Waals surface area contributed by atoms with Crippen molar-refractivity contribution in [3.8, 4) is 22.5 Å². The smallest absolute Gasteiger partial charge is 0.118 e. The summed E-state index contributed by atoms with van der Waals surface area (Å²) in [6.07, 6.45) is 0. The lowest BCUT2D eigenvalue weighted by Gasteiger charge is -1.99. The Balaban J connectivity index is 2.03. The van der Waals surface area contributed by atoms with Gasteiger partial charge in [-0.3, -0.25) is 9.36 Å². The topological polar surface area (TPSA) is 35.6 Å². The Morgan fingerprint density at radius 1 is 0.591 bits per heavy atom. The molecule has 0 spiro atoms. The largest absolute Gasteiger partial charge is 0.263 e. The fraction of sp³-hybridized carbons (Fsp3) is 0.111. The molecule has 0 N–H and O–H groups in total. The molecular weight excluding hydrogens is 272 g/mol. The Labute approximate surface area is 128 Å². The predicted molar refractivity (Wildman–Crippen MR) is 88.4 cm³/mol. The number of hydrogen-bond donors (Lipinski definition) is 0. The third-order valence-corrected chi connectivity index (χ3v) is 3.91. The maximum Gasteiger partial charge on any atom is 0.118 e. The summed E-state index contributed by atoms with van der Waals surface area (Å²) >= 11 is 0. The molecule has 0 aliphatic carbocycles. The van der Waals surface area contributed by atoms with Gasteiger partial charge in [0.2, 0.25) is 0 Å². The minimum atomic E-state index is 0.968. The molecule has 2 aromatic heterocycles. The summed E-state index contributed by atoms with van der Waals surface area (Å²) in [5, 5.41) is 9.45. The molecule has 4 nitrogen and oxygen atoms in total. The van der Waals surface area contributed by atoms with Gasteiger partial charge < -0.3 is 0 Å². The van der Waals surface area contributed by atoms with Crippen LogP contribution in [0.25, 0.3) is 33.5 Å². The molecule has 2 heterocycles. The van der Waals surface area contributed by atoms with Gasteiger partial charge >= 0.3 is 0 Å². The van der Waals surface area contributed by atoms with Crippen LogP contribution in [0.5, 0.6) is 0 Å². The van der Waals surface area contributed by atoms with Gasteiger partial charge in [0.05, 0.1) is 0 Å². The van der Waals surface area contributed by atoms with Crippen LogP contribution >= 0.6 is 0 Å². The van der Waals surface area contributed by atoms with Gasteiger partial charge in [0.25, 0.3) is 0 Å². The second kappa shape index (κ2) is 4.84. The van der Waals surface area contributed by atoms with Crippen LogP contribution in [0.3, 0.4) is 0 Å². The average Bonchev–Trinajstić information content (AvgIpc) is 3.09. The van der Waals surface area contributed by atoms with Gasteiger partial charge in [-0.05, 0) is 0 Å². The Morgan fingerprint density at radius 3 is 1.32 bits per heavy atom. The van der Waals surface area contributed by atoms with Crippen molar-refractivity contribution in [2.45, 2.75) is 0 Å². The van der Waals surface area contributed by atoms with E-state index >= 15 is 0 Å². The van der Waals surface area contributed by atoms with Crippen molar-refractivity contribution in [1.82, 2.24) is 19.6 Å². The molecule has 0 fully saturated rings. The highest BCUT2D eigenvalue weighted by Gasteiger charge is 2.20. The van der Waals surface area contributed by atoms with Crippen molar-refractivity contribution in [2.75, 3.05) is 0 Å². The lowest BCUT2D eigenvalue weighted by atomic mass is 10.1. The van der Waals surface area contributed by atoms with Crippen molar-refractivity contribution in [2.24, 2.45) is 14.1 Å². The Hall–Kier alpha value is -2.88. The Bertz CT molecular complexity index is 854. The third kappa shape index (κ3) is 1.84. The molecule has 0 saturated heterocycles. The van der Waals surface area contributed by atoms with E-state index in [0.717, 1.165) is 33.5 Å². The molecule has 0 saturated carbocycles. The normalized spacial score (nSPS) is 11.2. The van der Waals surface area contributed by atoms with Crippen molar-refractivity contribution in [3.05, 3.63) is 60.7 Å². The van der Waals surface area contributed by atoms with E-state index < -0.39 is 0 Å². The van der Waals surface area contributed by atoms with Gasteiger partial charge in [-0.1, -0.05) is 60.7 Å². The van der Waals surface area contributed by atoms with Crippen LogP contribution < -0.4 is 0 Å². The molecule has 0 aliphatic rings. The van der Waals surface area contributed by atoms with E-state index in [-0.39, 0.29) is 0 Å². The molecule has 0 radical (unpaired) electrons. The number of fused-ring (bicyclic) bond motifs is 1. The fourth-order valence-corrected chi connectivity index (χ4v) is 2.91. The van der Waals surface area contributed by atoms with Gasteiger partial charge in [-0.2, -0.15) is 10.2 Å². The van der Waals surface area contributed by atoms with Crippen LogP contribution in [0.15, 0.2) is 60.7 Å². The molecule has 4 heteroatoms. The third-order valence-electron chi connectivity index (χ3n) is 3.91. The van der Waals surface area contributed by atoms with Crippen molar-refractivity contribution < 1.29 is 0 Å². The van der Waals surface area contributed by atoms with E-state index in [4.69, 9.17) is 10.2 Å². The highest BCUT2D eigenvalue weighted by Crippen LogP contribution is 2.33. The molecule has 0 aliphatic heterocycles. The van der Waals surface area contributed by atoms with Crippen LogP contribution in [-0.2, 0) is 14.1 Å². The zero-order valence-corrected chi connectivity index (χ0v) is 12.6. The van der Waals surface area contributed by atoms with Crippen LogP contribution in [0.1, 0.15) is 0 Å². The SMILES string of the molecule is Cn1nc(-c2ccccc2)c2c1c(-c1ccccc1)nn2C. The van der Waals surface area contributed by atoms with E-state index in [2.05, 4.69) is 24.3 Å². The van der Waals surface area contributed by atoms with Crippen molar-refractivity contribution in [1.29, 1.82) is 0 Å². The highest BCUT2D eigenvalue weighted by atomic mass is 15.3. The first-order chi connectivity index (χ1) is 10.8. The zero-order valence-electron chi connectivity index (χ0n) is 12.6. The molecule has 0 atom stereocenters.